The monoisotopic (exact) mass is 466 g/mol. The van der Waals surface area contributed by atoms with E-state index in [1.807, 2.05) is 78.9 Å². The molecule has 1 atom stereocenters. The fourth-order valence-electron chi connectivity index (χ4n) is 3.33. The number of hydrogen-bond donors (Lipinski definition) is 3. The maximum absolute atomic E-state index is 9.58. The number of benzene rings is 3. The Hall–Kier alpha value is -2.66. The molecule has 34 heavy (non-hydrogen) atoms. The molecular formula is C30H42O4. The minimum absolute atomic E-state index is 0.140. The zero-order chi connectivity index (χ0) is 24.9. The molecule has 3 N–H and O–H groups in total. The fourth-order valence-corrected chi connectivity index (χ4v) is 3.33. The van der Waals surface area contributed by atoms with Gasteiger partial charge in [-0.1, -0.05) is 124 Å². The normalized spacial score (nSPS) is 10.9. The van der Waals surface area contributed by atoms with E-state index < -0.39 is 6.29 Å². The summed E-state index contributed by atoms with van der Waals surface area (Å²) < 4.78 is 4.69. The highest BCUT2D eigenvalue weighted by Crippen LogP contribution is 2.18. The van der Waals surface area contributed by atoms with E-state index in [-0.39, 0.29) is 6.61 Å². The number of phenols is 1. The Morgan fingerprint density at radius 2 is 1.24 bits per heavy atom. The van der Waals surface area contributed by atoms with Gasteiger partial charge in [0.15, 0.2) is 6.29 Å². The van der Waals surface area contributed by atoms with Crippen molar-refractivity contribution in [1.82, 2.24) is 0 Å². The van der Waals surface area contributed by atoms with Gasteiger partial charge < -0.3 is 20.1 Å². The Morgan fingerprint density at radius 3 is 1.76 bits per heavy atom. The van der Waals surface area contributed by atoms with Gasteiger partial charge in [0, 0.05) is 12.7 Å². The van der Waals surface area contributed by atoms with E-state index in [1.165, 1.54) is 52.1 Å². The molecule has 0 aliphatic rings. The van der Waals surface area contributed by atoms with E-state index in [0.29, 0.717) is 5.75 Å². The lowest BCUT2D eigenvalue weighted by Gasteiger charge is -2.06. The van der Waals surface area contributed by atoms with Crippen LogP contribution in [0.25, 0.3) is 0 Å². The largest absolute Gasteiger partial charge is 0.508 e. The van der Waals surface area contributed by atoms with Crippen molar-refractivity contribution in [3.63, 3.8) is 0 Å². The molecule has 0 bridgehead atoms. The van der Waals surface area contributed by atoms with Gasteiger partial charge >= 0.3 is 0 Å². The highest BCUT2D eigenvalue weighted by atomic mass is 16.6. The number of unbranched alkanes of at least 4 members (excludes halogenated alkanes) is 6. The Balaban J connectivity index is 0.000000274. The number of phenolic OH excluding ortho intramolecular Hbond substituents is 1. The number of aliphatic hydroxyl groups is 2. The number of aryl methyl sites for hydroxylation is 1. The first kappa shape index (κ1) is 29.4. The Bertz CT molecular complexity index is 837. The van der Waals surface area contributed by atoms with Gasteiger partial charge in [0.2, 0.25) is 0 Å². The third-order valence-corrected chi connectivity index (χ3v) is 5.37. The Kier molecular flexibility index (Phi) is 17.1. The van der Waals surface area contributed by atoms with E-state index in [4.69, 9.17) is 14.9 Å². The summed E-state index contributed by atoms with van der Waals surface area (Å²) >= 11 is 0. The van der Waals surface area contributed by atoms with E-state index >= 15 is 0 Å². The molecule has 0 saturated carbocycles. The minimum atomic E-state index is -0.791. The van der Waals surface area contributed by atoms with Crippen LogP contribution in [0.3, 0.4) is 0 Å². The summed E-state index contributed by atoms with van der Waals surface area (Å²) in [6.07, 6.45) is 9.50. The van der Waals surface area contributed by atoms with Crippen LogP contribution in [0.15, 0.2) is 84.9 Å². The molecule has 4 heteroatoms. The van der Waals surface area contributed by atoms with E-state index in [9.17, 15) is 5.11 Å². The molecule has 0 aromatic heterocycles. The van der Waals surface area contributed by atoms with Gasteiger partial charge in [0.05, 0.1) is 6.61 Å². The van der Waals surface area contributed by atoms with Crippen LogP contribution in [-0.4, -0.2) is 22.4 Å². The molecule has 0 spiro atoms. The predicted octanol–water partition coefficient (Wildman–Crippen LogP) is 7.19. The number of para-hydroxylation sites is 1. The average Bonchev–Trinajstić information content (AvgIpc) is 2.90. The summed E-state index contributed by atoms with van der Waals surface area (Å²) in [6.45, 7) is 2.39. The summed E-state index contributed by atoms with van der Waals surface area (Å²) in [6, 6.07) is 26.4. The molecular weight excluding hydrogens is 424 g/mol. The molecule has 0 aliphatic carbocycles. The van der Waals surface area contributed by atoms with Crippen LogP contribution < -0.4 is 0 Å². The summed E-state index contributed by atoms with van der Waals surface area (Å²) in [7, 11) is 1.47. The highest BCUT2D eigenvalue weighted by Gasteiger charge is 2.01. The van der Waals surface area contributed by atoms with Crippen molar-refractivity contribution in [2.24, 2.45) is 0 Å². The molecule has 1 unspecified atom stereocenters. The summed E-state index contributed by atoms with van der Waals surface area (Å²) in [5, 5.41) is 27.2. The van der Waals surface area contributed by atoms with Gasteiger partial charge in [-0.05, 0) is 30.0 Å². The second kappa shape index (κ2) is 19.8. The molecule has 4 nitrogen and oxygen atoms in total. The molecule has 0 heterocycles. The maximum atomic E-state index is 9.58. The molecule has 3 aromatic rings. The number of ether oxygens (including phenoxy) is 1. The second-order valence-corrected chi connectivity index (χ2v) is 8.14. The summed E-state index contributed by atoms with van der Waals surface area (Å²) in [4.78, 5) is 0. The van der Waals surface area contributed by atoms with Gasteiger partial charge in [0.25, 0.3) is 0 Å². The van der Waals surface area contributed by atoms with Crippen molar-refractivity contribution in [2.45, 2.75) is 71.2 Å². The van der Waals surface area contributed by atoms with Gasteiger partial charge in [-0.3, -0.25) is 0 Å². The number of methoxy groups -OCH3 is 1. The fraction of sp³-hybridized carbons (Fsp3) is 0.400. The van der Waals surface area contributed by atoms with Crippen LogP contribution >= 0.6 is 0 Å². The number of rotatable bonds is 11. The lowest BCUT2D eigenvalue weighted by molar-refractivity contribution is -0.0769. The van der Waals surface area contributed by atoms with Crippen molar-refractivity contribution >= 4 is 0 Å². The molecule has 0 saturated heterocycles. The maximum Gasteiger partial charge on any atom is 0.180 e. The van der Waals surface area contributed by atoms with E-state index in [1.54, 1.807) is 6.07 Å². The van der Waals surface area contributed by atoms with Crippen molar-refractivity contribution in [1.29, 1.82) is 0 Å². The number of aromatic hydroxyl groups is 1. The van der Waals surface area contributed by atoms with Crippen molar-refractivity contribution < 1.29 is 20.1 Å². The minimum Gasteiger partial charge on any atom is -0.508 e. The van der Waals surface area contributed by atoms with Crippen LogP contribution in [0.1, 0.15) is 74.8 Å². The summed E-state index contributed by atoms with van der Waals surface area (Å²) in [5.41, 5.74) is 2.84. The topological polar surface area (TPSA) is 69.9 Å². The first-order valence-electron chi connectivity index (χ1n) is 12.3. The lowest BCUT2D eigenvalue weighted by Crippen LogP contribution is -1.97. The molecule has 0 fully saturated rings. The Labute approximate surface area is 205 Å². The average molecular weight is 467 g/mol. The van der Waals surface area contributed by atoms with Crippen LogP contribution in [0, 0.1) is 0 Å². The first-order valence-corrected chi connectivity index (χ1v) is 12.3. The first-order chi connectivity index (χ1) is 16.6. The van der Waals surface area contributed by atoms with Crippen LogP contribution in [-0.2, 0) is 17.8 Å². The molecule has 0 radical (unpaired) electrons. The quantitative estimate of drug-likeness (QED) is 0.207. The zero-order valence-corrected chi connectivity index (χ0v) is 20.8. The van der Waals surface area contributed by atoms with Crippen LogP contribution in [0.4, 0.5) is 0 Å². The SMILES string of the molecule is CCCCCCCCCc1ccccc1O.COC(O)c1ccccc1.OCc1ccccc1. The van der Waals surface area contributed by atoms with Gasteiger partial charge in [-0.2, -0.15) is 0 Å². The van der Waals surface area contributed by atoms with E-state index in [0.717, 1.165) is 23.1 Å². The zero-order valence-electron chi connectivity index (χ0n) is 20.8. The number of hydrogen-bond acceptors (Lipinski definition) is 4. The van der Waals surface area contributed by atoms with Crippen molar-refractivity contribution in [2.75, 3.05) is 7.11 Å². The van der Waals surface area contributed by atoms with Gasteiger partial charge in [-0.15, -0.1) is 0 Å². The molecule has 186 valence electrons. The molecule has 3 aromatic carbocycles. The van der Waals surface area contributed by atoms with Crippen molar-refractivity contribution in [3.05, 3.63) is 102 Å². The van der Waals surface area contributed by atoms with Crippen LogP contribution in [0.2, 0.25) is 0 Å². The highest BCUT2D eigenvalue weighted by molar-refractivity contribution is 5.31. The Morgan fingerprint density at radius 1 is 0.706 bits per heavy atom. The molecule has 0 aliphatic heterocycles. The number of aliphatic hydroxyl groups excluding tert-OH is 2. The standard InChI is InChI=1S/C15H24O.C8H10O2.C7H8O/c1-2-3-4-5-6-7-8-11-14-12-9-10-13-15(14)16;1-10-8(9)7-5-3-2-4-6-7;8-6-7-4-2-1-3-5-7/h9-10,12-13,16H,2-8,11H2,1H3;2-6,8-9H,1H3;1-5,8H,6H2. The summed E-state index contributed by atoms with van der Waals surface area (Å²) in [5.74, 6) is 0.452. The van der Waals surface area contributed by atoms with Gasteiger partial charge in [-0.25, -0.2) is 0 Å². The third kappa shape index (κ3) is 13.8. The van der Waals surface area contributed by atoms with Crippen LogP contribution in [0.5, 0.6) is 5.75 Å². The molecule has 0 amide bonds. The lowest BCUT2D eigenvalue weighted by atomic mass is 10.0. The third-order valence-electron chi connectivity index (χ3n) is 5.37. The van der Waals surface area contributed by atoms with E-state index in [2.05, 4.69) is 6.92 Å². The van der Waals surface area contributed by atoms with Gasteiger partial charge in [0.1, 0.15) is 5.75 Å². The molecule has 3 rings (SSSR count). The van der Waals surface area contributed by atoms with Crippen molar-refractivity contribution in [3.8, 4) is 5.75 Å². The predicted molar refractivity (Wildman–Crippen MR) is 141 cm³/mol. The smallest absolute Gasteiger partial charge is 0.180 e. The second-order valence-electron chi connectivity index (χ2n) is 8.14.